The Labute approximate surface area is 62.3 Å². The lowest BCUT2D eigenvalue weighted by molar-refractivity contribution is 0.521. The van der Waals surface area contributed by atoms with E-state index in [1.54, 1.807) is 6.26 Å². The maximum Gasteiger partial charge on any atom is 0.191 e. The summed E-state index contributed by atoms with van der Waals surface area (Å²) in [6.07, 6.45) is 2.88. The van der Waals surface area contributed by atoms with E-state index in [9.17, 15) is 0 Å². The summed E-state index contributed by atoms with van der Waals surface area (Å²) < 4.78 is 4.85. The van der Waals surface area contributed by atoms with E-state index < -0.39 is 0 Å². The quantitative estimate of drug-likeness (QED) is 0.555. The van der Waals surface area contributed by atoms with Gasteiger partial charge in [-0.25, -0.2) is 4.98 Å². The maximum absolute atomic E-state index is 4.85. The van der Waals surface area contributed by atoms with Crippen molar-refractivity contribution in [2.24, 2.45) is 0 Å². The Bertz CT molecular complexity index is 153. The van der Waals surface area contributed by atoms with Crippen LogP contribution in [0.3, 0.4) is 0 Å². The topological polar surface area (TPSA) is 26.0 Å². The molecule has 1 heterocycles. The van der Waals surface area contributed by atoms with E-state index in [1.165, 1.54) is 6.42 Å². The lowest BCUT2D eigenvalue weighted by Crippen LogP contribution is -1.67. The summed E-state index contributed by atoms with van der Waals surface area (Å²) in [5.74, 6) is 0.734. The van der Waals surface area contributed by atoms with Gasteiger partial charge in [0.05, 0.1) is 5.69 Å². The number of nitrogens with zero attached hydrogens (tertiary/aromatic N) is 1. The molecular weight excluding hydrogens is 126 g/mol. The van der Waals surface area contributed by atoms with E-state index >= 15 is 0 Å². The summed E-state index contributed by atoms with van der Waals surface area (Å²) >= 11 is 0. The minimum atomic E-state index is 0.734. The Morgan fingerprint density at radius 3 is 2.00 bits per heavy atom. The molecule has 0 bridgehead atoms. The van der Waals surface area contributed by atoms with E-state index in [-0.39, 0.29) is 0 Å². The Morgan fingerprint density at radius 2 is 1.90 bits per heavy atom. The molecule has 0 atom stereocenters. The molecule has 0 aromatic carbocycles. The highest BCUT2D eigenvalue weighted by atomic mass is 16.3. The average Bonchev–Trinajstić information content (AvgIpc) is 2.17. The van der Waals surface area contributed by atoms with Crippen molar-refractivity contribution in [3.05, 3.63) is 17.8 Å². The van der Waals surface area contributed by atoms with Gasteiger partial charge in [-0.15, -0.1) is 0 Å². The molecule has 2 nitrogen and oxygen atoms in total. The van der Waals surface area contributed by atoms with Gasteiger partial charge in [0.15, 0.2) is 5.89 Å². The van der Waals surface area contributed by atoms with Gasteiger partial charge in [0.2, 0.25) is 0 Å². The fraction of sp³-hybridized carbons (Fsp3) is 0.625. The monoisotopic (exact) mass is 141 g/mol. The van der Waals surface area contributed by atoms with Crippen LogP contribution in [0.5, 0.6) is 0 Å². The fourth-order valence-electron chi connectivity index (χ4n) is 0.472. The summed E-state index contributed by atoms with van der Waals surface area (Å²) in [5, 5.41) is 0. The van der Waals surface area contributed by atoms with Crippen molar-refractivity contribution in [1.29, 1.82) is 0 Å². The number of oxazole rings is 1. The number of aryl methyl sites for hydroxylation is 2. The summed E-state index contributed by atoms with van der Waals surface area (Å²) in [6.45, 7) is 7.98. The first-order chi connectivity index (χ1) is 4.70. The van der Waals surface area contributed by atoms with Crippen LogP contribution in [0.2, 0.25) is 0 Å². The standard InChI is InChI=1S/C5H7NO.C3H8/c1-4-3-7-5(2)6-4;1-3-2/h3H,1-2H3;3H2,1-2H3. The minimum absolute atomic E-state index is 0.734. The second kappa shape index (κ2) is 5.03. The summed E-state index contributed by atoms with van der Waals surface area (Å²) in [7, 11) is 0. The van der Waals surface area contributed by atoms with Crippen molar-refractivity contribution in [3.8, 4) is 0 Å². The molecule has 2 heteroatoms. The van der Waals surface area contributed by atoms with Crippen LogP contribution in [0.25, 0.3) is 0 Å². The van der Waals surface area contributed by atoms with Crippen molar-refractivity contribution in [1.82, 2.24) is 4.98 Å². The Hall–Kier alpha value is -0.790. The van der Waals surface area contributed by atoms with Gasteiger partial charge in [-0.05, 0) is 6.92 Å². The molecule has 10 heavy (non-hydrogen) atoms. The zero-order valence-electron chi connectivity index (χ0n) is 7.14. The van der Waals surface area contributed by atoms with Gasteiger partial charge in [-0.2, -0.15) is 0 Å². The van der Waals surface area contributed by atoms with Gasteiger partial charge in [-0.1, -0.05) is 20.3 Å². The Balaban J connectivity index is 0.000000236. The Kier molecular flexibility index (Phi) is 4.63. The normalized spacial score (nSPS) is 8.40. The first-order valence-corrected chi connectivity index (χ1v) is 3.59. The molecule has 58 valence electrons. The molecular formula is C8H15NO. The van der Waals surface area contributed by atoms with Crippen molar-refractivity contribution in [2.45, 2.75) is 34.1 Å². The molecule has 0 aliphatic rings. The highest BCUT2D eigenvalue weighted by Crippen LogP contribution is 1.95. The smallest absolute Gasteiger partial charge is 0.191 e. The summed E-state index contributed by atoms with van der Waals surface area (Å²) in [4.78, 5) is 3.94. The van der Waals surface area contributed by atoms with Crippen molar-refractivity contribution in [2.75, 3.05) is 0 Å². The van der Waals surface area contributed by atoms with Crippen LogP contribution in [0, 0.1) is 13.8 Å². The highest BCUT2D eigenvalue weighted by Gasteiger charge is 1.87. The highest BCUT2D eigenvalue weighted by molar-refractivity contribution is 4.89. The summed E-state index contributed by atoms with van der Waals surface area (Å²) in [6, 6.07) is 0. The molecule has 0 unspecified atom stereocenters. The summed E-state index contributed by atoms with van der Waals surface area (Å²) in [5.41, 5.74) is 0.942. The van der Waals surface area contributed by atoms with Crippen molar-refractivity contribution < 1.29 is 4.42 Å². The van der Waals surface area contributed by atoms with Gasteiger partial charge in [-0.3, -0.25) is 0 Å². The molecule has 0 aliphatic carbocycles. The third-order valence-electron chi connectivity index (χ3n) is 0.734. The van der Waals surface area contributed by atoms with Crippen LogP contribution in [0.4, 0.5) is 0 Å². The van der Waals surface area contributed by atoms with E-state index in [4.69, 9.17) is 4.42 Å². The third-order valence-corrected chi connectivity index (χ3v) is 0.734. The van der Waals surface area contributed by atoms with Crippen LogP contribution in [0.15, 0.2) is 10.7 Å². The first kappa shape index (κ1) is 9.21. The van der Waals surface area contributed by atoms with Crippen LogP contribution in [-0.2, 0) is 0 Å². The van der Waals surface area contributed by atoms with Crippen LogP contribution >= 0.6 is 0 Å². The molecule has 0 spiro atoms. The molecule has 0 saturated heterocycles. The number of aromatic nitrogens is 1. The predicted octanol–water partition coefficient (Wildman–Crippen LogP) is 2.71. The maximum atomic E-state index is 4.85. The number of hydrogen-bond acceptors (Lipinski definition) is 2. The van der Waals surface area contributed by atoms with E-state index in [0.29, 0.717) is 0 Å². The lowest BCUT2D eigenvalue weighted by Gasteiger charge is -1.68. The number of rotatable bonds is 0. The average molecular weight is 141 g/mol. The van der Waals surface area contributed by atoms with Crippen molar-refractivity contribution >= 4 is 0 Å². The molecule has 0 amide bonds. The third kappa shape index (κ3) is 4.13. The molecule has 0 N–H and O–H groups in total. The van der Waals surface area contributed by atoms with Crippen LogP contribution in [-0.4, -0.2) is 4.98 Å². The number of hydrogen-bond donors (Lipinski definition) is 0. The minimum Gasteiger partial charge on any atom is -0.449 e. The fourth-order valence-corrected chi connectivity index (χ4v) is 0.472. The second-order valence-electron chi connectivity index (χ2n) is 2.22. The molecule has 0 saturated carbocycles. The van der Waals surface area contributed by atoms with E-state index in [0.717, 1.165) is 11.6 Å². The van der Waals surface area contributed by atoms with Crippen LogP contribution in [0.1, 0.15) is 31.9 Å². The van der Waals surface area contributed by atoms with Gasteiger partial charge in [0.25, 0.3) is 0 Å². The largest absolute Gasteiger partial charge is 0.449 e. The molecule has 1 aromatic rings. The molecule has 0 aliphatic heterocycles. The van der Waals surface area contributed by atoms with Gasteiger partial charge < -0.3 is 4.42 Å². The van der Waals surface area contributed by atoms with E-state index in [2.05, 4.69) is 18.8 Å². The first-order valence-electron chi connectivity index (χ1n) is 3.59. The molecule has 1 aromatic heterocycles. The SMILES string of the molecule is CCC.Cc1coc(C)n1. The zero-order chi connectivity index (χ0) is 7.98. The van der Waals surface area contributed by atoms with Gasteiger partial charge in [0.1, 0.15) is 6.26 Å². The lowest BCUT2D eigenvalue weighted by atomic mass is 10.6. The predicted molar refractivity (Wildman–Crippen MR) is 41.9 cm³/mol. The van der Waals surface area contributed by atoms with Gasteiger partial charge >= 0.3 is 0 Å². The molecule has 0 radical (unpaired) electrons. The van der Waals surface area contributed by atoms with Crippen molar-refractivity contribution in [3.63, 3.8) is 0 Å². The van der Waals surface area contributed by atoms with Gasteiger partial charge in [0, 0.05) is 6.92 Å². The van der Waals surface area contributed by atoms with Crippen LogP contribution < -0.4 is 0 Å². The zero-order valence-corrected chi connectivity index (χ0v) is 7.14. The van der Waals surface area contributed by atoms with E-state index in [1.807, 2.05) is 13.8 Å². The molecule has 1 rings (SSSR count). The Morgan fingerprint density at radius 1 is 1.40 bits per heavy atom. The molecule has 0 fully saturated rings. The second-order valence-corrected chi connectivity index (χ2v) is 2.22.